The van der Waals surface area contributed by atoms with Crippen LogP contribution in [-0.4, -0.2) is 34.3 Å². The largest absolute Gasteiger partial charge is 0.362 e. The summed E-state index contributed by atoms with van der Waals surface area (Å²) in [6.07, 6.45) is 6.67. The van der Waals surface area contributed by atoms with Gasteiger partial charge in [0.05, 0.1) is 17.4 Å². The number of nitrogens with zero attached hydrogens (tertiary/aromatic N) is 3. The van der Waals surface area contributed by atoms with Gasteiger partial charge in [0.2, 0.25) is 5.95 Å². The number of aromatic amines is 1. The zero-order chi connectivity index (χ0) is 15.1. The van der Waals surface area contributed by atoms with Crippen molar-refractivity contribution >= 4 is 34.9 Å². The quantitative estimate of drug-likeness (QED) is 0.563. The van der Waals surface area contributed by atoms with Gasteiger partial charge in [-0.05, 0) is 31.0 Å². The first-order valence-electron chi connectivity index (χ1n) is 7.66. The van der Waals surface area contributed by atoms with Crippen LogP contribution in [-0.2, 0) is 0 Å². The van der Waals surface area contributed by atoms with Gasteiger partial charge in [-0.1, -0.05) is 38.3 Å². The predicted octanol–water partition coefficient (Wildman–Crippen LogP) is 4.78. The number of imidazole rings is 1. The van der Waals surface area contributed by atoms with Crippen molar-refractivity contribution < 1.29 is 0 Å². The van der Waals surface area contributed by atoms with Gasteiger partial charge in [-0.3, -0.25) is 0 Å². The molecule has 0 amide bonds. The van der Waals surface area contributed by atoms with Crippen LogP contribution in [0.2, 0.25) is 5.02 Å². The molecule has 5 heteroatoms. The Hall–Kier alpha value is -1.55. The fourth-order valence-electron chi connectivity index (χ4n) is 2.12. The third-order valence-electron chi connectivity index (χ3n) is 3.37. The molecule has 1 N–H and O–H groups in total. The van der Waals surface area contributed by atoms with E-state index in [1.807, 2.05) is 24.5 Å². The molecule has 0 atom stereocenters. The minimum atomic E-state index is 0.630. The van der Waals surface area contributed by atoms with Crippen molar-refractivity contribution in [1.29, 1.82) is 0 Å². The number of nitrogens with one attached hydrogen (secondary N) is 1. The summed E-state index contributed by atoms with van der Waals surface area (Å²) in [4.78, 5) is 14.4. The molecule has 21 heavy (non-hydrogen) atoms. The van der Waals surface area contributed by atoms with Crippen LogP contribution in [0.3, 0.4) is 0 Å². The van der Waals surface area contributed by atoms with Crippen molar-refractivity contribution in [2.24, 2.45) is 4.99 Å². The van der Waals surface area contributed by atoms with E-state index in [1.54, 1.807) is 0 Å². The van der Waals surface area contributed by atoms with Gasteiger partial charge in [-0.2, -0.15) is 0 Å². The van der Waals surface area contributed by atoms with E-state index in [2.05, 4.69) is 33.7 Å². The molecule has 0 saturated carbocycles. The smallest absolute Gasteiger partial charge is 0.229 e. The zero-order valence-corrected chi connectivity index (χ0v) is 13.5. The molecule has 0 unspecified atom stereocenters. The van der Waals surface area contributed by atoms with E-state index in [0.29, 0.717) is 11.0 Å². The van der Waals surface area contributed by atoms with Crippen LogP contribution in [0.15, 0.2) is 23.2 Å². The number of hydrogen-bond donors (Lipinski definition) is 1. The molecule has 0 aliphatic rings. The number of H-pyrrole nitrogens is 1. The number of fused-ring (bicyclic) bond motifs is 1. The third kappa shape index (κ3) is 4.74. The average molecular weight is 307 g/mol. The molecule has 1 aromatic carbocycles. The fourth-order valence-corrected chi connectivity index (χ4v) is 2.29. The summed E-state index contributed by atoms with van der Waals surface area (Å²) in [6, 6.07) is 5.61. The first-order chi connectivity index (χ1) is 10.2. The Morgan fingerprint density at radius 2 is 1.95 bits per heavy atom. The second-order valence-electron chi connectivity index (χ2n) is 5.21. The summed E-state index contributed by atoms with van der Waals surface area (Å²) >= 11 is 5.98. The highest BCUT2D eigenvalue weighted by Gasteiger charge is 2.03. The Bertz CT molecular complexity index is 583. The van der Waals surface area contributed by atoms with Crippen LogP contribution < -0.4 is 0 Å². The van der Waals surface area contributed by atoms with Crippen molar-refractivity contribution in [3.63, 3.8) is 0 Å². The lowest BCUT2D eigenvalue weighted by atomic mass is 10.3. The van der Waals surface area contributed by atoms with Crippen LogP contribution in [0.4, 0.5) is 5.95 Å². The predicted molar refractivity (Wildman–Crippen MR) is 90.6 cm³/mol. The van der Waals surface area contributed by atoms with E-state index >= 15 is 0 Å². The van der Waals surface area contributed by atoms with Crippen molar-refractivity contribution in [2.75, 3.05) is 13.1 Å². The molecular weight excluding hydrogens is 284 g/mol. The summed E-state index contributed by atoms with van der Waals surface area (Å²) in [5, 5.41) is 0.703. The molecular formula is C16H23ClN4. The molecule has 4 nitrogen and oxygen atoms in total. The van der Waals surface area contributed by atoms with Gasteiger partial charge in [-0.15, -0.1) is 0 Å². The highest BCUT2D eigenvalue weighted by atomic mass is 35.5. The zero-order valence-electron chi connectivity index (χ0n) is 12.8. The number of hydrogen-bond acceptors (Lipinski definition) is 2. The molecule has 0 spiro atoms. The van der Waals surface area contributed by atoms with Crippen LogP contribution in [0, 0.1) is 0 Å². The molecule has 2 aromatic rings. The maximum Gasteiger partial charge on any atom is 0.229 e. The van der Waals surface area contributed by atoms with Crippen molar-refractivity contribution in [2.45, 2.75) is 39.5 Å². The van der Waals surface area contributed by atoms with E-state index in [1.165, 1.54) is 25.7 Å². The number of benzene rings is 1. The van der Waals surface area contributed by atoms with Crippen LogP contribution in [0.1, 0.15) is 39.5 Å². The number of unbranched alkanes of at least 4 members (excludes halogenated alkanes) is 2. The van der Waals surface area contributed by atoms with Crippen molar-refractivity contribution in [3.05, 3.63) is 23.2 Å². The van der Waals surface area contributed by atoms with Gasteiger partial charge in [0.25, 0.3) is 0 Å². The number of aliphatic imine (C=N–C) groups is 1. The topological polar surface area (TPSA) is 44.3 Å². The summed E-state index contributed by atoms with van der Waals surface area (Å²) in [7, 11) is 0. The summed E-state index contributed by atoms with van der Waals surface area (Å²) in [6.45, 7) is 6.51. The Morgan fingerprint density at radius 3 is 2.62 bits per heavy atom. The molecule has 114 valence electrons. The first kappa shape index (κ1) is 15.8. The van der Waals surface area contributed by atoms with Crippen LogP contribution >= 0.6 is 11.6 Å². The minimum Gasteiger partial charge on any atom is -0.362 e. The lowest BCUT2D eigenvalue weighted by Crippen LogP contribution is -2.24. The summed E-state index contributed by atoms with van der Waals surface area (Å²) in [5.41, 5.74) is 1.81. The van der Waals surface area contributed by atoms with Gasteiger partial charge in [0, 0.05) is 18.1 Å². The Morgan fingerprint density at radius 1 is 1.24 bits per heavy atom. The lowest BCUT2D eigenvalue weighted by Gasteiger charge is -2.18. The molecule has 0 radical (unpaired) electrons. The highest BCUT2D eigenvalue weighted by Crippen LogP contribution is 2.20. The minimum absolute atomic E-state index is 0.630. The van der Waals surface area contributed by atoms with Crippen LogP contribution in [0.25, 0.3) is 11.0 Å². The van der Waals surface area contributed by atoms with Gasteiger partial charge in [0.1, 0.15) is 0 Å². The van der Waals surface area contributed by atoms with Gasteiger partial charge < -0.3 is 9.88 Å². The number of rotatable bonds is 8. The van der Waals surface area contributed by atoms with E-state index in [4.69, 9.17) is 11.6 Å². The molecule has 1 aromatic heterocycles. The maximum atomic E-state index is 5.98. The van der Waals surface area contributed by atoms with Gasteiger partial charge in [0.15, 0.2) is 0 Å². The monoisotopic (exact) mass is 306 g/mol. The summed E-state index contributed by atoms with van der Waals surface area (Å²) in [5.74, 6) is 0.630. The van der Waals surface area contributed by atoms with Gasteiger partial charge in [-0.25, -0.2) is 9.98 Å². The highest BCUT2D eigenvalue weighted by molar-refractivity contribution is 6.31. The van der Waals surface area contributed by atoms with E-state index < -0.39 is 0 Å². The maximum absolute atomic E-state index is 5.98. The van der Waals surface area contributed by atoms with E-state index in [9.17, 15) is 0 Å². The molecule has 0 aliphatic carbocycles. The SMILES string of the molecule is CCCCN(/C=N/c1nc2ccc(Cl)cc2[nH]1)CCCC. The van der Waals surface area contributed by atoms with E-state index in [-0.39, 0.29) is 0 Å². The number of halogens is 1. The Labute approximate surface area is 131 Å². The summed E-state index contributed by atoms with van der Waals surface area (Å²) < 4.78 is 0. The second kappa shape index (κ2) is 8.03. The second-order valence-corrected chi connectivity index (χ2v) is 5.65. The third-order valence-corrected chi connectivity index (χ3v) is 3.61. The molecule has 0 bridgehead atoms. The van der Waals surface area contributed by atoms with E-state index in [0.717, 1.165) is 24.1 Å². The molecule has 2 rings (SSSR count). The molecule has 0 fully saturated rings. The fraction of sp³-hybridized carbons (Fsp3) is 0.500. The lowest BCUT2D eigenvalue weighted by molar-refractivity contribution is 0.409. The molecule has 0 saturated heterocycles. The van der Waals surface area contributed by atoms with Crippen molar-refractivity contribution in [1.82, 2.24) is 14.9 Å². The van der Waals surface area contributed by atoms with Gasteiger partial charge >= 0.3 is 0 Å². The molecule has 0 aliphatic heterocycles. The van der Waals surface area contributed by atoms with Crippen LogP contribution in [0.5, 0.6) is 0 Å². The Kier molecular flexibility index (Phi) is 6.05. The standard InChI is InChI=1S/C16H23ClN4/c1-3-5-9-21(10-6-4-2)12-18-16-19-14-8-7-13(17)11-15(14)20-16/h7-8,11-12H,3-6,9-10H2,1-2H3,(H,19,20)/b18-12+. The normalized spacial score (nSPS) is 11.6. The average Bonchev–Trinajstić information content (AvgIpc) is 2.88. The Balaban J connectivity index is 2.07. The van der Waals surface area contributed by atoms with Crippen molar-refractivity contribution in [3.8, 4) is 0 Å². The molecule has 1 heterocycles. The first-order valence-corrected chi connectivity index (χ1v) is 8.04. The number of aromatic nitrogens is 2.